The van der Waals surface area contributed by atoms with E-state index >= 15 is 0 Å². The van der Waals surface area contributed by atoms with Crippen molar-refractivity contribution in [3.63, 3.8) is 0 Å². The van der Waals surface area contributed by atoms with Crippen LogP contribution in [-0.2, 0) is 15.8 Å². The lowest BCUT2D eigenvalue weighted by Gasteiger charge is -2.25. The second-order valence-electron chi connectivity index (χ2n) is 4.82. The molecule has 0 aliphatic heterocycles. The van der Waals surface area contributed by atoms with Gasteiger partial charge in [-0.2, -0.15) is 5.26 Å². The van der Waals surface area contributed by atoms with Gasteiger partial charge in [0.1, 0.15) is 0 Å². The predicted molar refractivity (Wildman–Crippen MR) is 77.3 cm³/mol. The van der Waals surface area contributed by atoms with Gasteiger partial charge < -0.3 is 5.11 Å². The predicted octanol–water partition coefficient (Wildman–Crippen LogP) is 1.53. The Morgan fingerprint density at radius 2 is 2.00 bits per heavy atom. The van der Waals surface area contributed by atoms with Gasteiger partial charge in [-0.3, -0.25) is 0 Å². The van der Waals surface area contributed by atoms with Crippen LogP contribution in [0.2, 0.25) is 0 Å². The molecule has 0 saturated carbocycles. The van der Waals surface area contributed by atoms with E-state index in [0.29, 0.717) is 24.0 Å². The third-order valence-corrected chi connectivity index (χ3v) is 4.65. The number of nitriles is 1. The van der Waals surface area contributed by atoms with E-state index in [0.717, 1.165) is 0 Å². The molecule has 0 heterocycles. The van der Waals surface area contributed by atoms with Crippen LogP contribution in [0.1, 0.15) is 37.8 Å². The summed E-state index contributed by atoms with van der Waals surface area (Å²) >= 11 is 0. The molecule has 0 bridgehead atoms. The Balaban J connectivity index is 2.73. The highest BCUT2D eigenvalue weighted by atomic mass is 32.2. The van der Waals surface area contributed by atoms with E-state index in [2.05, 4.69) is 4.72 Å². The Morgan fingerprint density at radius 3 is 2.55 bits per heavy atom. The number of aliphatic hydroxyl groups is 1. The molecule has 1 aromatic rings. The molecule has 5 nitrogen and oxygen atoms in total. The van der Waals surface area contributed by atoms with Gasteiger partial charge in [0.05, 0.1) is 23.0 Å². The maximum absolute atomic E-state index is 12.0. The number of sulfonamides is 1. The molecule has 0 aliphatic carbocycles. The molecule has 1 aromatic carbocycles. The van der Waals surface area contributed by atoms with E-state index in [4.69, 9.17) is 5.26 Å². The molecule has 0 spiro atoms. The number of nitrogens with one attached hydrogen (secondary N) is 1. The highest BCUT2D eigenvalue weighted by molar-refractivity contribution is 7.88. The lowest BCUT2D eigenvalue weighted by atomic mass is 9.98. The first kappa shape index (κ1) is 16.6. The molecule has 0 unspecified atom stereocenters. The van der Waals surface area contributed by atoms with E-state index in [1.165, 1.54) is 0 Å². The quantitative estimate of drug-likeness (QED) is 0.798. The fourth-order valence-corrected chi connectivity index (χ4v) is 2.95. The van der Waals surface area contributed by atoms with Crippen LogP contribution in [0.25, 0.3) is 0 Å². The summed E-state index contributed by atoms with van der Waals surface area (Å²) in [7, 11) is -3.53. The van der Waals surface area contributed by atoms with Crippen molar-refractivity contribution < 1.29 is 13.5 Å². The van der Waals surface area contributed by atoms with Crippen LogP contribution in [0.4, 0.5) is 0 Å². The Hall–Kier alpha value is -1.42. The summed E-state index contributed by atoms with van der Waals surface area (Å²) in [6, 6.07) is 8.45. The Kier molecular flexibility index (Phi) is 5.69. The van der Waals surface area contributed by atoms with Crippen LogP contribution < -0.4 is 4.72 Å². The molecule has 1 rings (SSSR count). The van der Waals surface area contributed by atoms with Gasteiger partial charge in [0, 0.05) is 6.54 Å². The fraction of sp³-hybridized carbons (Fsp3) is 0.500. The van der Waals surface area contributed by atoms with Gasteiger partial charge in [-0.15, -0.1) is 0 Å². The van der Waals surface area contributed by atoms with Gasteiger partial charge in [-0.1, -0.05) is 26.0 Å². The highest BCUT2D eigenvalue weighted by Crippen LogP contribution is 2.14. The van der Waals surface area contributed by atoms with Crippen LogP contribution in [0.15, 0.2) is 24.3 Å². The molecule has 0 aromatic heterocycles. The zero-order valence-electron chi connectivity index (χ0n) is 11.8. The van der Waals surface area contributed by atoms with Gasteiger partial charge in [0.25, 0.3) is 0 Å². The number of benzene rings is 1. The maximum Gasteiger partial charge on any atom is 0.215 e. The number of nitrogens with zero attached hydrogens (tertiary/aromatic N) is 1. The summed E-state index contributed by atoms with van der Waals surface area (Å²) in [6.45, 7) is 3.63. The fourth-order valence-electron chi connectivity index (χ4n) is 1.75. The van der Waals surface area contributed by atoms with E-state index in [9.17, 15) is 13.5 Å². The van der Waals surface area contributed by atoms with E-state index in [1.54, 1.807) is 24.3 Å². The van der Waals surface area contributed by atoms with Gasteiger partial charge in [0.15, 0.2) is 0 Å². The van der Waals surface area contributed by atoms with Crippen LogP contribution >= 0.6 is 0 Å². The number of rotatable bonds is 7. The SMILES string of the molecule is CCC(O)(CC)CNS(=O)(=O)Cc1cccc(C#N)c1. The molecular formula is C14H20N2O3S. The molecule has 0 atom stereocenters. The number of hydrogen-bond acceptors (Lipinski definition) is 4. The first-order chi connectivity index (χ1) is 9.34. The lowest BCUT2D eigenvalue weighted by Crippen LogP contribution is -2.42. The molecule has 0 aliphatic rings. The van der Waals surface area contributed by atoms with Crippen LogP contribution in [-0.4, -0.2) is 25.7 Å². The largest absolute Gasteiger partial charge is 0.389 e. The van der Waals surface area contributed by atoms with E-state index in [1.807, 2.05) is 19.9 Å². The van der Waals surface area contributed by atoms with Crippen LogP contribution in [0.5, 0.6) is 0 Å². The van der Waals surface area contributed by atoms with Crippen molar-refractivity contribution in [2.75, 3.05) is 6.54 Å². The minimum Gasteiger partial charge on any atom is -0.389 e. The van der Waals surface area contributed by atoms with Crippen molar-refractivity contribution in [1.29, 1.82) is 5.26 Å². The third kappa shape index (κ3) is 4.93. The zero-order chi connectivity index (χ0) is 15.2. The summed E-state index contributed by atoms with van der Waals surface area (Å²) in [4.78, 5) is 0. The van der Waals surface area contributed by atoms with Gasteiger partial charge in [0.2, 0.25) is 10.0 Å². The average molecular weight is 296 g/mol. The van der Waals surface area contributed by atoms with Crippen molar-refractivity contribution in [3.05, 3.63) is 35.4 Å². The van der Waals surface area contributed by atoms with Crippen LogP contribution in [0.3, 0.4) is 0 Å². The molecule has 0 radical (unpaired) electrons. The topological polar surface area (TPSA) is 90.2 Å². The molecule has 6 heteroatoms. The Labute approximate surface area is 120 Å². The molecule has 2 N–H and O–H groups in total. The second-order valence-corrected chi connectivity index (χ2v) is 6.63. The van der Waals surface area contributed by atoms with E-state index < -0.39 is 15.6 Å². The molecule has 0 amide bonds. The molecule has 0 fully saturated rings. The number of hydrogen-bond donors (Lipinski definition) is 2. The monoisotopic (exact) mass is 296 g/mol. The Bertz CT molecular complexity index is 587. The summed E-state index contributed by atoms with van der Waals surface area (Å²) < 4.78 is 26.4. The maximum atomic E-state index is 12.0. The summed E-state index contributed by atoms with van der Waals surface area (Å²) in [6.07, 6.45) is 0.964. The molecule has 110 valence electrons. The van der Waals surface area contributed by atoms with Crippen molar-refractivity contribution in [2.24, 2.45) is 0 Å². The average Bonchev–Trinajstić information content (AvgIpc) is 2.44. The van der Waals surface area contributed by atoms with Crippen molar-refractivity contribution >= 4 is 10.0 Å². The van der Waals surface area contributed by atoms with Crippen molar-refractivity contribution in [2.45, 2.75) is 38.0 Å². The van der Waals surface area contributed by atoms with Crippen LogP contribution in [0, 0.1) is 11.3 Å². The summed E-state index contributed by atoms with van der Waals surface area (Å²) in [5, 5.41) is 18.9. The van der Waals surface area contributed by atoms with Crippen molar-refractivity contribution in [1.82, 2.24) is 4.72 Å². The summed E-state index contributed by atoms with van der Waals surface area (Å²) in [5.74, 6) is -0.202. The first-order valence-electron chi connectivity index (χ1n) is 6.53. The minimum absolute atomic E-state index is 0.000272. The second kappa shape index (κ2) is 6.84. The first-order valence-corrected chi connectivity index (χ1v) is 8.18. The lowest BCUT2D eigenvalue weighted by molar-refractivity contribution is 0.0377. The van der Waals surface area contributed by atoms with Gasteiger partial charge in [-0.05, 0) is 30.5 Å². The third-order valence-electron chi connectivity index (χ3n) is 3.35. The standard InChI is InChI=1S/C14H20N2O3S/c1-3-14(17,4-2)11-16-20(18,19)10-13-7-5-6-12(8-13)9-15/h5-8,16-17H,3-4,10-11H2,1-2H3. The smallest absolute Gasteiger partial charge is 0.215 e. The minimum atomic E-state index is -3.53. The highest BCUT2D eigenvalue weighted by Gasteiger charge is 2.24. The molecule has 0 saturated heterocycles. The van der Waals surface area contributed by atoms with Crippen molar-refractivity contribution in [3.8, 4) is 6.07 Å². The van der Waals surface area contributed by atoms with E-state index in [-0.39, 0.29) is 12.3 Å². The zero-order valence-corrected chi connectivity index (χ0v) is 12.6. The molecular weight excluding hydrogens is 276 g/mol. The Morgan fingerprint density at radius 1 is 1.35 bits per heavy atom. The van der Waals surface area contributed by atoms with Gasteiger partial charge >= 0.3 is 0 Å². The molecule has 20 heavy (non-hydrogen) atoms. The van der Waals surface area contributed by atoms with Gasteiger partial charge in [-0.25, -0.2) is 13.1 Å². The summed E-state index contributed by atoms with van der Waals surface area (Å²) in [5.41, 5.74) is -0.0360. The normalized spacial score (nSPS) is 12.1.